The maximum absolute atomic E-state index is 11.4. The van der Waals surface area contributed by atoms with Crippen LogP contribution in [0.1, 0.15) is 11.0 Å². The molecule has 0 aliphatic carbocycles. The van der Waals surface area contributed by atoms with E-state index in [-0.39, 0.29) is 0 Å². The standard InChI is InChI=1S/C10H12O5S/c1-14-9(12)7(10(13)15-2)8(11)6-4-3-5-16-6/h3-5,7-8,11H,1-2H3/t8-/m1/s1. The number of esters is 2. The number of ether oxygens (including phenoxy) is 2. The van der Waals surface area contributed by atoms with Crippen LogP contribution in [0.25, 0.3) is 0 Å². The molecule has 5 nitrogen and oxygen atoms in total. The molecule has 0 aliphatic heterocycles. The summed E-state index contributed by atoms with van der Waals surface area (Å²) in [7, 11) is 2.30. The summed E-state index contributed by atoms with van der Waals surface area (Å²) >= 11 is 1.25. The van der Waals surface area contributed by atoms with E-state index >= 15 is 0 Å². The molecule has 0 aromatic carbocycles. The molecule has 0 amide bonds. The van der Waals surface area contributed by atoms with Gasteiger partial charge in [0.2, 0.25) is 0 Å². The first-order valence-electron chi connectivity index (χ1n) is 4.49. The van der Waals surface area contributed by atoms with Crippen molar-refractivity contribution in [2.45, 2.75) is 6.10 Å². The second-order valence-electron chi connectivity index (χ2n) is 2.98. The van der Waals surface area contributed by atoms with Crippen molar-refractivity contribution in [3.05, 3.63) is 22.4 Å². The van der Waals surface area contributed by atoms with Gasteiger partial charge in [0, 0.05) is 4.88 Å². The van der Waals surface area contributed by atoms with Crippen LogP contribution in [0.4, 0.5) is 0 Å². The molecule has 0 saturated carbocycles. The second kappa shape index (κ2) is 5.62. The van der Waals surface area contributed by atoms with Crippen molar-refractivity contribution in [1.29, 1.82) is 0 Å². The Hall–Kier alpha value is -1.40. The van der Waals surface area contributed by atoms with E-state index in [4.69, 9.17) is 0 Å². The van der Waals surface area contributed by atoms with Crippen molar-refractivity contribution < 1.29 is 24.2 Å². The predicted octanol–water partition coefficient (Wildman–Crippen LogP) is 0.744. The highest BCUT2D eigenvalue weighted by Gasteiger charge is 2.37. The zero-order valence-corrected chi connectivity index (χ0v) is 9.69. The van der Waals surface area contributed by atoms with Gasteiger partial charge in [-0.15, -0.1) is 11.3 Å². The Morgan fingerprint density at radius 1 is 1.31 bits per heavy atom. The van der Waals surface area contributed by atoms with Gasteiger partial charge in [-0.1, -0.05) is 6.07 Å². The molecular weight excluding hydrogens is 232 g/mol. The fourth-order valence-corrected chi connectivity index (χ4v) is 1.98. The first kappa shape index (κ1) is 12.7. The summed E-state index contributed by atoms with van der Waals surface area (Å²) in [6.07, 6.45) is -1.24. The number of carbonyl (C=O) groups is 2. The van der Waals surface area contributed by atoms with Crippen molar-refractivity contribution in [2.75, 3.05) is 14.2 Å². The van der Waals surface area contributed by atoms with Crippen LogP contribution in [-0.2, 0) is 19.1 Å². The molecule has 1 aromatic heterocycles. The molecule has 0 saturated heterocycles. The molecule has 0 bridgehead atoms. The third-order valence-corrected chi connectivity index (χ3v) is 3.00. The lowest BCUT2D eigenvalue weighted by Crippen LogP contribution is -2.31. The quantitative estimate of drug-likeness (QED) is 0.625. The molecule has 1 aromatic rings. The smallest absolute Gasteiger partial charge is 0.323 e. The minimum atomic E-state index is -1.34. The van der Waals surface area contributed by atoms with Crippen LogP contribution in [-0.4, -0.2) is 31.3 Å². The van der Waals surface area contributed by atoms with E-state index in [2.05, 4.69) is 9.47 Å². The van der Waals surface area contributed by atoms with Gasteiger partial charge in [-0.25, -0.2) is 0 Å². The van der Waals surface area contributed by atoms with Crippen LogP contribution < -0.4 is 0 Å². The number of hydrogen-bond acceptors (Lipinski definition) is 6. The van der Waals surface area contributed by atoms with E-state index in [0.29, 0.717) is 4.88 Å². The third kappa shape index (κ3) is 2.59. The summed E-state index contributed by atoms with van der Waals surface area (Å²) < 4.78 is 8.92. The number of aliphatic hydroxyl groups is 1. The average Bonchev–Trinajstić information content (AvgIpc) is 2.81. The van der Waals surface area contributed by atoms with E-state index in [0.717, 1.165) is 14.2 Å². The molecule has 88 valence electrons. The van der Waals surface area contributed by atoms with Gasteiger partial charge in [0.05, 0.1) is 14.2 Å². The van der Waals surface area contributed by atoms with Gasteiger partial charge < -0.3 is 14.6 Å². The lowest BCUT2D eigenvalue weighted by Gasteiger charge is -2.17. The van der Waals surface area contributed by atoms with Gasteiger partial charge >= 0.3 is 11.9 Å². The Morgan fingerprint density at radius 3 is 2.25 bits per heavy atom. The first-order valence-corrected chi connectivity index (χ1v) is 5.37. The Bertz CT molecular complexity index is 343. The zero-order valence-electron chi connectivity index (χ0n) is 8.88. The number of carbonyl (C=O) groups excluding carboxylic acids is 2. The van der Waals surface area contributed by atoms with Gasteiger partial charge in [-0.2, -0.15) is 0 Å². The predicted molar refractivity (Wildman–Crippen MR) is 56.8 cm³/mol. The molecule has 6 heteroatoms. The molecule has 0 spiro atoms. The Kier molecular flexibility index (Phi) is 4.45. The van der Waals surface area contributed by atoms with E-state index in [9.17, 15) is 14.7 Å². The minimum absolute atomic E-state index is 0.515. The highest BCUT2D eigenvalue weighted by Crippen LogP contribution is 2.27. The second-order valence-corrected chi connectivity index (χ2v) is 3.96. The number of methoxy groups -OCH3 is 2. The van der Waals surface area contributed by atoms with Crippen LogP contribution in [0, 0.1) is 5.92 Å². The highest BCUT2D eigenvalue weighted by molar-refractivity contribution is 7.10. The topological polar surface area (TPSA) is 72.8 Å². The number of hydrogen-bond donors (Lipinski definition) is 1. The normalized spacial score (nSPS) is 12.2. The monoisotopic (exact) mass is 244 g/mol. The SMILES string of the molecule is COC(=O)C(C(=O)OC)[C@H](O)c1cccs1. The van der Waals surface area contributed by atoms with Gasteiger partial charge in [-0.05, 0) is 11.4 Å². The summed E-state index contributed by atoms with van der Waals surface area (Å²) in [5.74, 6) is -2.96. The third-order valence-electron chi connectivity index (χ3n) is 2.06. The van der Waals surface area contributed by atoms with Crippen LogP contribution in [0.3, 0.4) is 0 Å². The average molecular weight is 244 g/mol. The molecule has 1 rings (SSSR count). The first-order chi connectivity index (χ1) is 7.61. The van der Waals surface area contributed by atoms with Gasteiger partial charge in [0.25, 0.3) is 0 Å². The summed E-state index contributed by atoms with van der Waals surface area (Å²) in [5, 5.41) is 11.6. The van der Waals surface area contributed by atoms with Crippen LogP contribution in [0.5, 0.6) is 0 Å². The van der Waals surface area contributed by atoms with E-state index < -0.39 is 24.0 Å². The summed E-state index contributed by atoms with van der Waals surface area (Å²) in [6.45, 7) is 0. The largest absolute Gasteiger partial charge is 0.468 e. The maximum Gasteiger partial charge on any atom is 0.323 e. The zero-order chi connectivity index (χ0) is 12.1. The molecule has 16 heavy (non-hydrogen) atoms. The summed E-state index contributed by atoms with van der Waals surface area (Å²) in [5.41, 5.74) is 0. The van der Waals surface area contributed by atoms with Crippen molar-refractivity contribution in [1.82, 2.24) is 0 Å². The van der Waals surface area contributed by atoms with Gasteiger partial charge in [0.1, 0.15) is 6.10 Å². The van der Waals surface area contributed by atoms with Crippen LogP contribution in [0.15, 0.2) is 17.5 Å². The Labute approximate surface area is 96.6 Å². The number of aliphatic hydroxyl groups excluding tert-OH is 1. The van der Waals surface area contributed by atoms with E-state index in [1.165, 1.54) is 11.3 Å². The van der Waals surface area contributed by atoms with Gasteiger partial charge in [-0.3, -0.25) is 9.59 Å². The van der Waals surface area contributed by atoms with Crippen molar-refractivity contribution in [3.63, 3.8) is 0 Å². The molecule has 1 atom stereocenters. The molecular formula is C10H12O5S. The lowest BCUT2D eigenvalue weighted by atomic mass is 10.0. The minimum Gasteiger partial charge on any atom is -0.468 e. The van der Waals surface area contributed by atoms with E-state index in [1.54, 1.807) is 17.5 Å². The Morgan fingerprint density at radius 2 is 1.88 bits per heavy atom. The van der Waals surface area contributed by atoms with Crippen molar-refractivity contribution >= 4 is 23.3 Å². The maximum atomic E-state index is 11.4. The molecule has 1 N–H and O–H groups in total. The molecule has 0 unspecified atom stereocenters. The number of rotatable bonds is 4. The van der Waals surface area contributed by atoms with Crippen LogP contribution >= 0.6 is 11.3 Å². The summed E-state index contributed by atoms with van der Waals surface area (Å²) in [4.78, 5) is 23.3. The fraction of sp³-hybridized carbons (Fsp3) is 0.400. The van der Waals surface area contributed by atoms with E-state index in [1.807, 2.05) is 0 Å². The Balaban J connectivity index is 2.93. The highest BCUT2D eigenvalue weighted by atomic mass is 32.1. The molecule has 0 fully saturated rings. The lowest BCUT2D eigenvalue weighted by molar-refractivity contribution is -0.164. The van der Waals surface area contributed by atoms with Crippen molar-refractivity contribution in [2.24, 2.45) is 5.92 Å². The molecule has 1 heterocycles. The fourth-order valence-electron chi connectivity index (χ4n) is 1.23. The van der Waals surface area contributed by atoms with Crippen LogP contribution in [0.2, 0.25) is 0 Å². The molecule has 0 aliphatic rings. The summed E-state index contributed by atoms with van der Waals surface area (Å²) in [6, 6.07) is 3.35. The van der Waals surface area contributed by atoms with Crippen molar-refractivity contribution in [3.8, 4) is 0 Å². The molecule has 0 radical (unpaired) electrons. The number of thiophene rings is 1. The van der Waals surface area contributed by atoms with Gasteiger partial charge in [0.15, 0.2) is 5.92 Å².